The highest BCUT2D eigenvalue weighted by atomic mass is 79.9. The van der Waals surface area contributed by atoms with Gasteiger partial charge in [0.25, 0.3) is 0 Å². The van der Waals surface area contributed by atoms with Gasteiger partial charge in [0.1, 0.15) is 0 Å². The van der Waals surface area contributed by atoms with Crippen LogP contribution < -0.4 is 4.74 Å². The van der Waals surface area contributed by atoms with Crippen LogP contribution in [0.15, 0.2) is 15.5 Å². The Morgan fingerprint density at radius 2 is 2.32 bits per heavy atom. The molecule has 0 aliphatic heterocycles. The van der Waals surface area contributed by atoms with Crippen LogP contribution in [0.1, 0.15) is 25.5 Å². The standard InChI is InChI=1S/C15H23BrClN3O2/c1-4-20(3)10-18-14-8-13(16)15(19-11(14)2)22-7-5-6-12(21)9-17/h8,10,12,21H,4-7,9H2,1-3H3. The number of aromatic nitrogens is 1. The quantitative estimate of drug-likeness (QED) is 0.302. The van der Waals surface area contributed by atoms with Gasteiger partial charge in [0.2, 0.25) is 5.88 Å². The topological polar surface area (TPSA) is 58.0 Å². The first-order valence-electron chi connectivity index (χ1n) is 7.26. The second kappa shape index (κ2) is 10.0. The third-order valence-electron chi connectivity index (χ3n) is 3.10. The van der Waals surface area contributed by atoms with Crippen LogP contribution in [-0.2, 0) is 0 Å². The average Bonchev–Trinajstić information content (AvgIpc) is 2.52. The van der Waals surface area contributed by atoms with Gasteiger partial charge in [0.15, 0.2) is 0 Å². The van der Waals surface area contributed by atoms with E-state index >= 15 is 0 Å². The molecule has 1 aromatic rings. The lowest BCUT2D eigenvalue weighted by molar-refractivity contribution is 0.172. The van der Waals surface area contributed by atoms with E-state index in [1.165, 1.54) is 0 Å². The number of hydrogen-bond acceptors (Lipinski definition) is 4. The van der Waals surface area contributed by atoms with Crippen molar-refractivity contribution in [3.05, 3.63) is 16.2 Å². The van der Waals surface area contributed by atoms with Gasteiger partial charge >= 0.3 is 0 Å². The minimum atomic E-state index is -0.476. The molecule has 1 heterocycles. The van der Waals surface area contributed by atoms with E-state index in [1.807, 2.05) is 24.9 Å². The molecule has 0 amide bonds. The van der Waals surface area contributed by atoms with Crippen molar-refractivity contribution in [2.24, 2.45) is 4.99 Å². The molecule has 0 saturated heterocycles. The van der Waals surface area contributed by atoms with Gasteiger partial charge in [0.05, 0.1) is 34.9 Å². The summed E-state index contributed by atoms with van der Waals surface area (Å²) < 4.78 is 6.41. The van der Waals surface area contributed by atoms with Crippen molar-refractivity contribution in [2.75, 3.05) is 26.1 Å². The van der Waals surface area contributed by atoms with Crippen molar-refractivity contribution < 1.29 is 9.84 Å². The number of pyridine rings is 1. The fourth-order valence-corrected chi connectivity index (χ4v) is 2.16. The molecule has 1 aromatic heterocycles. The molecule has 124 valence electrons. The monoisotopic (exact) mass is 391 g/mol. The maximum atomic E-state index is 9.38. The van der Waals surface area contributed by atoms with Gasteiger partial charge in [-0.1, -0.05) is 0 Å². The maximum Gasteiger partial charge on any atom is 0.228 e. The number of halogens is 2. The van der Waals surface area contributed by atoms with E-state index in [4.69, 9.17) is 16.3 Å². The van der Waals surface area contributed by atoms with Crippen LogP contribution >= 0.6 is 27.5 Å². The number of alkyl halides is 1. The van der Waals surface area contributed by atoms with E-state index in [-0.39, 0.29) is 5.88 Å². The van der Waals surface area contributed by atoms with Gasteiger partial charge in [-0.15, -0.1) is 11.6 Å². The smallest absolute Gasteiger partial charge is 0.228 e. The molecule has 0 bridgehead atoms. The van der Waals surface area contributed by atoms with Gasteiger partial charge in [0, 0.05) is 19.5 Å². The first-order chi connectivity index (χ1) is 10.5. The number of aliphatic hydroxyl groups excluding tert-OH is 1. The van der Waals surface area contributed by atoms with Crippen LogP contribution in [0.2, 0.25) is 0 Å². The van der Waals surface area contributed by atoms with E-state index in [0.29, 0.717) is 18.9 Å². The zero-order valence-corrected chi connectivity index (χ0v) is 15.6. The molecule has 1 N–H and O–H groups in total. The fourth-order valence-electron chi connectivity index (χ4n) is 1.59. The Bertz CT molecular complexity index is 500. The van der Waals surface area contributed by atoms with E-state index in [9.17, 15) is 5.11 Å². The SMILES string of the molecule is CCN(C)C=Nc1cc(Br)c(OCCCC(O)CCl)nc1C. The maximum absolute atomic E-state index is 9.38. The van der Waals surface area contributed by atoms with Crippen molar-refractivity contribution in [3.8, 4) is 5.88 Å². The lowest BCUT2D eigenvalue weighted by Gasteiger charge is -2.12. The zero-order chi connectivity index (χ0) is 16.5. The summed E-state index contributed by atoms with van der Waals surface area (Å²) in [5, 5.41) is 9.38. The Hall–Kier alpha value is -0.850. The van der Waals surface area contributed by atoms with E-state index in [0.717, 1.165) is 28.8 Å². The van der Waals surface area contributed by atoms with Gasteiger partial charge in [-0.3, -0.25) is 0 Å². The Morgan fingerprint density at radius 1 is 1.59 bits per heavy atom. The summed E-state index contributed by atoms with van der Waals surface area (Å²) in [6.07, 6.45) is 2.65. The van der Waals surface area contributed by atoms with Crippen molar-refractivity contribution in [3.63, 3.8) is 0 Å². The van der Waals surface area contributed by atoms with Crippen molar-refractivity contribution >= 4 is 39.6 Å². The highest BCUT2D eigenvalue weighted by molar-refractivity contribution is 9.10. The third kappa shape index (κ3) is 6.50. The molecule has 1 unspecified atom stereocenters. The molecule has 0 spiro atoms. The molecule has 7 heteroatoms. The number of rotatable bonds is 9. The van der Waals surface area contributed by atoms with Crippen molar-refractivity contribution in [1.29, 1.82) is 0 Å². The Balaban J connectivity index is 2.63. The summed E-state index contributed by atoms with van der Waals surface area (Å²) >= 11 is 9.00. The molecule has 0 fully saturated rings. The molecular formula is C15H23BrClN3O2. The van der Waals surface area contributed by atoms with E-state index < -0.39 is 6.10 Å². The lowest BCUT2D eigenvalue weighted by atomic mass is 10.2. The summed E-state index contributed by atoms with van der Waals surface area (Å²) in [6, 6.07) is 1.89. The summed E-state index contributed by atoms with van der Waals surface area (Å²) in [7, 11) is 1.97. The summed E-state index contributed by atoms with van der Waals surface area (Å²) in [4.78, 5) is 10.8. The molecular weight excluding hydrogens is 370 g/mol. The zero-order valence-electron chi connectivity index (χ0n) is 13.2. The van der Waals surface area contributed by atoms with Crippen LogP contribution in [0.3, 0.4) is 0 Å². The Kier molecular flexibility index (Phi) is 8.75. The molecule has 22 heavy (non-hydrogen) atoms. The molecule has 0 saturated carbocycles. The second-order valence-corrected chi connectivity index (χ2v) is 6.16. The number of aliphatic imine (C=N–C) groups is 1. The van der Waals surface area contributed by atoms with Crippen LogP contribution in [0.25, 0.3) is 0 Å². The Labute approximate surface area is 145 Å². The van der Waals surface area contributed by atoms with Crippen molar-refractivity contribution in [2.45, 2.75) is 32.8 Å². The molecule has 0 aliphatic rings. The number of ether oxygens (including phenoxy) is 1. The largest absolute Gasteiger partial charge is 0.477 e. The van der Waals surface area contributed by atoms with Gasteiger partial charge in [-0.05, 0) is 48.7 Å². The highest BCUT2D eigenvalue weighted by Crippen LogP contribution is 2.29. The first kappa shape index (κ1) is 19.2. The minimum Gasteiger partial charge on any atom is -0.477 e. The predicted octanol–water partition coefficient (Wildman–Crippen LogP) is 3.52. The normalized spacial score (nSPS) is 12.6. The number of nitrogens with zero attached hydrogens (tertiary/aromatic N) is 3. The van der Waals surface area contributed by atoms with Crippen LogP contribution in [0.4, 0.5) is 5.69 Å². The first-order valence-corrected chi connectivity index (χ1v) is 8.59. The minimum absolute atomic E-state index is 0.250. The number of hydrogen-bond donors (Lipinski definition) is 1. The van der Waals surface area contributed by atoms with E-state index in [2.05, 4.69) is 32.8 Å². The molecule has 5 nitrogen and oxygen atoms in total. The number of aliphatic hydroxyl groups is 1. The lowest BCUT2D eigenvalue weighted by Crippen LogP contribution is -2.14. The molecule has 0 aliphatic carbocycles. The number of aryl methyl sites for hydroxylation is 1. The van der Waals surface area contributed by atoms with Crippen LogP contribution in [-0.4, -0.2) is 53.5 Å². The summed E-state index contributed by atoms with van der Waals surface area (Å²) in [5.74, 6) is 0.792. The molecule has 0 aromatic carbocycles. The summed E-state index contributed by atoms with van der Waals surface area (Å²) in [5.41, 5.74) is 1.61. The molecule has 1 atom stereocenters. The van der Waals surface area contributed by atoms with Gasteiger partial charge in [-0.25, -0.2) is 9.98 Å². The third-order valence-corrected chi connectivity index (χ3v) is 4.02. The highest BCUT2D eigenvalue weighted by Gasteiger charge is 2.09. The predicted molar refractivity (Wildman–Crippen MR) is 94.6 cm³/mol. The molecule has 0 radical (unpaired) electrons. The average molecular weight is 393 g/mol. The summed E-state index contributed by atoms with van der Waals surface area (Å²) in [6.45, 7) is 5.34. The fraction of sp³-hybridized carbons (Fsp3) is 0.600. The van der Waals surface area contributed by atoms with Gasteiger partial charge < -0.3 is 14.7 Å². The Morgan fingerprint density at radius 3 is 2.95 bits per heavy atom. The molecule has 1 rings (SSSR count). The van der Waals surface area contributed by atoms with Crippen LogP contribution in [0, 0.1) is 6.92 Å². The van der Waals surface area contributed by atoms with E-state index in [1.54, 1.807) is 6.34 Å². The second-order valence-electron chi connectivity index (χ2n) is 5.00. The van der Waals surface area contributed by atoms with Gasteiger partial charge in [-0.2, -0.15) is 0 Å². The van der Waals surface area contributed by atoms with Crippen molar-refractivity contribution in [1.82, 2.24) is 9.88 Å². The van der Waals surface area contributed by atoms with Crippen LogP contribution in [0.5, 0.6) is 5.88 Å².